The topological polar surface area (TPSA) is 24.1 Å². The molecule has 1 aromatic rings. The van der Waals surface area contributed by atoms with Crippen LogP contribution in [0.15, 0.2) is 27.1 Å². The van der Waals surface area contributed by atoms with Gasteiger partial charge in [0.2, 0.25) is 0 Å². The highest BCUT2D eigenvalue weighted by molar-refractivity contribution is 9.11. The maximum absolute atomic E-state index is 3.53. The Labute approximate surface area is 120 Å². The first-order valence-electron chi connectivity index (χ1n) is 6.05. The first-order valence-corrected chi connectivity index (χ1v) is 7.64. The van der Waals surface area contributed by atoms with Crippen molar-refractivity contribution >= 4 is 31.9 Å². The van der Waals surface area contributed by atoms with Crippen molar-refractivity contribution in [1.29, 1.82) is 0 Å². The largest absolute Gasteiger partial charge is 0.312 e. The van der Waals surface area contributed by atoms with Crippen molar-refractivity contribution in [3.63, 3.8) is 0 Å². The van der Waals surface area contributed by atoms with E-state index in [4.69, 9.17) is 0 Å². The van der Waals surface area contributed by atoms with Crippen LogP contribution in [0.2, 0.25) is 0 Å². The van der Waals surface area contributed by atoms with Gasteiger partial charge in [0.1, 0.15) is 0 Å². The predicted octanol–water partition coefficient (Wildman–Crippen LogP) is 3.44. The summed E-state index contributed by atoms with van der Waals surface area (Å²) in [5, 5.41) is 7.07. The molecule has 1 aliphatic rings. The zero-order valence-corrected chi connectivity index (χ0v) is 13.1. The molecule has 4 heteroatoms. The van der Waals surface area contributed by atoms with Crippen molar-refractivity contribution < 1.29 is 0 Å². The fraction of sp³-hybridized carbons (Fsp3) is 0.538. The molecular weight excluding hydrogens is 344 g/mol. The van der Waals surface area contributed by atoms with Gasteiger partial charge in [-0.3, -0.25) is 0 Å². The van der Waals surface area contributed by atoms with Crippen LogP contribution in [0.4, 0.5) is 0 Å². The van der Waals surface area contributed by atoms with E-state index in [1.807, 2.05) is 0 Å². The molecule has 1 aliphatic carbocycles. The van der Waals surface area contributed by atoms with Gasteiger partial charge in [-0.1, -0.05) is 31.9 Å². The maximum atomic E-state index is 3.53. The quantitative estimate of drug-likeness (QED) is 0.810. The molecule has 1 unspecified atom stereocenters. The van der Waals surface area contributed by atoms with Crippen LogP contribution in [-0.4, -0.2) is 18.6 Å². The third-order valence-electron chi connectivity index (χ3n) is 2.87. The van der Waals surface area contributed by atoms with Gasteiger partial charge >= 0.3 is 0 Å². The van der Waals surface area contributed by atoms with Gasteiger partial charge in [-0.25, -0.2) is 0 Å². The smallest absolute Gasteiger partial charge is 0.0209 e. The van der Waals surface area contributed by atoms with Crippen molar-refractivity contribution in [2.75, 3.05) is 6.54 Å². The number of benzene rings is 1. The van der Waals surface area contributed by atoms with E-state index in [0.29, 0.717) is 6.04 Å². The zero-order chi connectivity index (χ0) is 12.3. The number of hydrogen-bond donors (Lipinski definition) is 2. The molecule has 0 amide bonds. The second-order valence-corrected chi connectivity index (χ2v) is 6.57. The Bertz CT molecular complexity index is 357. The summed E-state index contributed by atoms with van der Waals surface area (Å²) >= 11 is 7.02. The fourth-order valence-electron chi connectivity index (χ4n) is 1.71. The van der Waals surface area contributed by atoms with Gasteiger partial charge in [0.05, 0.1) is 0 Å². The molecule has 2 nitrogen and oxygen atoms in total. The monoisotopic (exact) mass is 360 g/mol. The Morgan fingerprint density at radius 3 is 2.47 bits per heavy atom. The lowest BCUT2D eigenvalue weighted by molar-refractivity contribution is 0.500. The van der Waals surface area contributed by atoms with E-state index in [-0.39, 0.29) is 0 Å². The molecule has 0 aromatic heterocycles. The standard InChI is InChI=1S/C13H18Br2N2/c1-9(7-17-13-2-3-13)16-8-10-4-11(14)6-12(15)5-10/h4-6,9,13,16-17H,2-3,7-8H2,1H3. The normalized spacial score (nSPS) is 17.1. The van der Waals surface area contributed by atoms with Gasteiger partial charge in [-0.15, -0.1) is 0 Å². The summed E-state index contributed by atoms with van der Waals surface area (Å²) in [5.41, 5.74) is 1.30. The first-order chi connectivity index (χ1) is 8.13. The van der Waals surface area contributed by atoms with Gasteiger partial charge in [0, 0.05) is 34.1 Å². The van der Waals surface area contributed by atoms with Crippen LogP contribution in [0.3, 0.4) is 0 Å². The van der Waals surface area contributed by atoms with Gasteiger partial charge < -0.3 is 10.6 Å². The summed E-state index contributed by atoms with van der Waals surface area (Å²) in [6.07, 6.45) is 2.70. The Morgan fingerprint density at radius 2 is 1.88 bits per heavy atom. The molecule has 0 bridgehead atoms. The number of halogens is 2. The minimum Gasteiger partial charge on any atom is -0.312 e. The van der Waals surface area contributed by atoms with E-state index in [1.54, 1.807) is 0 Å². The second-order valence-electron chi connectivity index (χ2n) is 4.74. The first kappa shape index (κ1) is 13.5. The number of nitrogens with one attached hydrogen (secondary N) is 2. The third-order valence-corrected chi connectivity index (χ3v) is 3.78. The van der Waals surface area contributed by atoms with Gasteiger partial charge in [0.25, 0.3) is 0 Å². The highest BCUT2D eigenvalue weighted by Gasteiger charge is 2.20. The van der Waals surface area contributed by atoms with Crippen LogP contribution < -0.4 is 10.6 Å². The Morgan fingerprint density at radius 1 is 1.24 bits per heavy atom. The number of rotatable bonds is 6. The minimum absolute atomic E-state index is 0.508. The summed E-state index contributed by atoms with van der Waals surface area (Å²) in [6, 6.07) is 7.66. The fourth-order valence-corrected chi connectivity index (χ4v) is 3.10. The molecular formula is C13H18Br2N2. The highest BCUT2D eigenvalue weighted by Crippen LogP contribution is 2.20. The van der Waals surface area contributed by atoms with Crippen LogP contribution in [0.1, 0.15) is 25.3 Å². The van der Waals surface area contributed by atoms with Crippen LogP contribution in [0.5, 0.6) is 0 Å². The zero-order valence-electron chi connectivity index (χ0n) is 9.97. The molecule has 2 rings (SSSR count). The Hall–Kier alpha value is 0.1000. The summed E-state index contributed by atoms with van der Waals surface area (Å²) in [4.78, 5) is 0. The van der Waals surface area contributed by atoms with Crippen molar-refractivity contribution in [2.45, 2.75) is 38.4 Å². The molecule has 2 N–H and O–H groups in total. The molecule has 1 atom stereocenters. The lowest BCUT2D eigenvalue weighted by Crippen LogP contribution is -2.36. The Kier molecular flexibility index (Phi) is 5.03. The lowest BCUT2D eigenvalue weighted by atomic mass is 10.2. The molecule has 94 valence electrons. The molecule has 1 aromatic carbocycles. The molecule has 0 saturated heterocycles. The molecule has 0 heterocycles. The van der Waals surface area contributed by atoms with Crippen LogP contribution >= 0.6 is 31.9 Å². The highest BCUT2D eigenvalue weighted by atomic mass is 79.9. The molecule has 0 radical (unpaired) electrons. The van der Waals surface area contributed by atoms with Crippen molar-refractivity contribution in [3.05, 3.63) is 32.7 Å². The van der Waals surface area contributed by atoms with Gasteiger partial charge in [0.15, 0.2) is 0 Å². The second kappa shape index (κ2) is 6.32. The van der Waals surface area contributed by atoms with E-state index >= 15 is 0 Å². The average molecular weight is 362 g/mol. The lowest BCUT2D eigenvalue weighted by Gasteiger charge is -2.14. The van der Waals surface area contributed by atoms with E-state index in [0.717, 1.165) is 28.1 Å². The van der Waals surface area contributed by atoms with Crippen molar-refractivity contribution in [3.8, 4) is 0 Å². The summed E-state index contributed by atoms with van der Waals surface area (Å²) in [7, 11) is 0. The van der Waals surface area contributed by atoms with E-state index < -0.39 is 0 Å². The van der Waals surface area contributed by atoms with E-state index in [9.17, 15) is 0 Å². The van der Waals surface area contributed by atoms with Crippen molar-refractivity contribution in [1.82, 2.24) is 10.6 Å². The third kappa shape index (κ3) is 5.08. The van der Waals surface area contributed by atoms with Crippen LogP contribution in [0, 0.1) is 0 Å². The number of hydrogen-bond acceptors (Lipinski definition) is 2. The molecule has 17 heavy (non-hydrogen) atoms. The summed E-state index contributed by atoms with van der Waals surface area (Å²) in [6.45, 7) is 4.19. The summed E-state index contributed by atoms with van der Waals surface area (Å²) < 4.78 is 2.24. The Balaban J connectivity index is 1.75. The minimum atomic E-state index is 0.508. The van der Waals surface area contributed by atoms with E-state index in [2.05, 4.69) is 67.6 Å². The average Bonchev–Trinajstić information content (AvgIpc) is 3.06. The van der Waals surface area contributed by atoms with Crippen molar-refractivity contribution in [2.24, 2.45) is 0 Å². The van der Waals surface area contributed by atoms with Gasteiger partial charge in [-0.2, -0.15) is 0 Å². The van der Waals surface area contributed by atoms with Crippen LogP contribution in [-0.2, 0) is 6.54 Å². The van der Waals surface area contributed by atoms with Crippen LogP contribution in [0.25, 0.3) is 0 Å². The SMILES string of the molecule is CC(CNC1CC1)NCc1cc(Br)cc(Br)c1. The predicted molar refractivity (Wildman–Crippen MR) is 79.2 cm³/mol. The van der Waals surface area contributed by atoms with Gasteiger partial charge in [-0.05, 0) is 43.5 Å². The molecule has 1 saturated carbocycles. The summed E-state index contributed by atoms with van der Waals surface area (Å²) in [5.74, 6) is 0. The maximum Gasteiger partial charge on any atom is 0.0209 e. The molecule has 0 aliphatic heterocycles. The molecule has 1 fully saturated rings. The molecule has 0 spiro atoms. The van der Waals surface area contributed by atoms with E-state index in [1.165, 1.54) is 18.4 Å².